The Kier molecular flexibility index (Phi) is 5.05. The zero-order valence-electron chi connectivity index (χ0n) is 9.61. The van der Waals surface area contributed by atoms with Gasteiger partial charge in [-0.1, -0.05) is 6.92 Å². The molecule has 0 spiro atoms. The van der Waals surface area contributed by atoms with Crippen LogP contribution >= 0.6 is 0 Å². The maximum absolute atomic E-state index is 10.7. The van der Waals surface area contributed by atoms with Crippen LogP contribution in [0.4, 0.5) is 0 Å². The Morgan fingerprint density at radius 2 is 2.40 bits per heavy atom. The van der Waals surface area contributed by atoms with Crippen LogP contribution in [0.25, 0.3) is 0 Å². The van der Waals surface area contributed by atoms with E-state index in [9.17, 15) is 4.79 Å². The number of methoxy groups -OCH3 is 1. The lowest BCUT2D eigenvalue weighted by molar-refractivity contribution is -0.138. The number of hydrogen-bond donors (Lipinski definition) is 1. The average Bonchev–Trinajstić information content (AvgIpc) is 2.25. The Morgan fingerprint density at radius 3 is 2.93 bits per heavy atom. The number of piperidine rings is 1. The molecule has 15 heavy (non-hydrogen) atoms. The number of nitrogens with zero attached hydrogens (tertiary/aromatic N) is 1. The van der Waals surface area contributed by atoms with E-state index in [1.165, 1.54) is 0 Å². The van der Waals surface area contributed by atoms with E-state index in [-0.39, 0.29) is 18.6 Å². The van der Waals surface area contributed by atoms with Crippen molar-refractivity contribution in [2.45, 2.75) is 44.8 Å². The molecule has 0 saturated carbocycles. The van der Waals surface area contributed by atoms with E-state index in [1.807, 2.05) is 6.92 Å². The molecule has 2 unspecified atom stereocenters. The molecule has 0 amide bonds. The van der Waals surface area contributed by atoms with Crippen molar-refractivity contribution < 1.29 is 14.6 Å². The van der Waals surface area contributed by atoms with Crippen molar-refractivity contribution >= 4 is 5.97 Å². The quantitative estimate of drug-likeness (QED) is 0.752. The highest BCUT2D eigenvalue weighted by Crippen LogP contribution is 2.18. The van der Waals surface area contributed by atoms with Gasteiger partial charge in [-0.15, -0.1) is 0 Å². The minimum Gasteiger partial charge on any atom is -0.481 e. The number of carbonyl (C=O) groups is 1. The van der Waals surface area contributed by atoms with E-state index < -0.39 is 5.97 Å². The summed E-state index contributed by atoms with van der Waals surface area (Å²) in [5, 5.41) is 8.81. The fourth-order valence-electron chi connectivity index (χ4n) is 2.22. The Labute approximate surface area is 91.2 Å². The molecule has 1 N–H and O–H groups in total. The molecule has 1 saturated heterocycles. The first-order valence-electron chi connectivity index (χ1n) is 5.66. The van der Waals surface area contributed by atoms with Gasteiger partial charge in [-0.05, 0) is 25.8 Å². The molecular weight excluding hydrogens is 194 g/mol. The SMILES string of the molecule is CCC(CC(=O)O)N1CCCC(OC)C1. The molecule has 2 atom stereocenters. The van der Waals surface area contributed by atoms with E-state index in [4.69, 9.17) is 9.84 Å². The Morgan fingerprint density at radius 1 is 1.67 bits per heavy atom. The van der Waals surface area contributed by atoms with Crippen LogP contribution in [0.2, 0.25) is 0 Å². The predicted octanol–water partition coefficient (Wildman–Crippen LogP) is 1.35. The molecular formula is C11H21NO3. The normalized spacial score (nSPS) is 25.1. The summed E-state index contributed by atoms with van der Waals surface area (Å²) in [6.45, 7) is 3.93. The van der Waals surface area contributed by atoms with Gasteiger partial charge in [0.05, 0.1) is 12.5 Å². The first-order valence-corrected chi connectivity index (χ1v) is 5.66. The lowest BCUT2D eigenvalue weighted by Gasteiger charge is -2.36. The maximum atomic E-state index is 10.7. The average molecular weight is 215 g/mol. The van der Waals surface area contributed by atoms with Crippen LogP contribution in [-0.4, -0.2) is 48.3 Å². The molecule has 1 heterocycles. The van der Waals surface area contributed by atoms with Crippen molar-refractivity contribution in [1.82, 2.24) is 4.90 Å². The smallest absolute Gasteiger partial charge is 0.304 e. The summed E-state index contributed by atoms with van der Waals surface area (Å²) in [4.78, 5) is 13.0. The third kappa shape index (κ3) is 3.80. The summed E-state index contributed by atoms with van der Waals surface area (Å²) < 4.78 is 5.33. The number of aliphatic carboxylic acids is 1. The van der Waals surface area contributed by atoms with Gasteiger partial charge in [0.15, 0.2) is 0 Å². The van der Waals surface area contributed by atoms with Crippen molar-refractivity contribution in [3.63, 3.8) is 0 Å². The van der Waals surface area contributed by atoms with Crippen LogP contribution < -0.4 is 0 Å². The van der Waals surface area contributed by atoms with Gasteiger partial charge in [-0.25, -0.2) is 0 Å². The number of rotatable bonds is 5. The fraction of sp³-hybridized carbons (Fsp3) is 0.909. The second-order valence-corrected chi connectivity index (χ2v) is 4.15. The first-order chi connectivity index (χ1) is 7.17. The van der Waals surface area contributed by atoms with Gasteiger partial charge in [0.25, 0.3) is 0 Å². The number of hydrogen-bond acceptors (Lipinski definition) is 3. The van der Waals surface area contributed by atoms with Crippen LogP contribution in [0.5, 0.6) is 0 Å². The second-order valence-electron chi connectivity index (χ2n) is 4.15. The Balaban J connectivity index is 2.47. The standard InChI is InChI=1S/C11H21NO3/c1-3-9(7-11(13)14)12-6-4-5-10(8-12)15-2/h9-10H,3-8H2,1-2H3,(H,13,14). The van der Waals surface area contributed by atoms with Crippen molar-refractivity contribution in [1.29, 1.82) is 0 Å². The van der Waals surface area contributed by atoms with Gasteiger partial charge in [0.1, 0.15) is 0 Å². The van der Waals surface area contributed by atoms with E-state index in [0.29, 0.717) is 0 Å². The predicted molar refractivity (Wildman–Crippen MR) is 57.9 cm³/mol. The molecule has 4 heteroatoms. The topological polar surface area (TPSA) is 49.8 Å². The highest BCUT2D eigenvalue weighted by atomic mass is 16.5. The molecule has 1 aliphatic rings. The summed E-state index contributed by atoms with van der Waals surface area (Å²) in [5.74, 6) is -0.707. The Bertz CT molecular complexity index is 208. The summed E-state index contributed by atoms with van der Waals surface area (Å²) in [6, 6.07) is 0.167. The maximum Gasteiger partial charge on any atom is 0.304 e. The summed E-state index contributed by atoms with van der Waals surface area (Å²) >= 11 is 0. The molecule has 1 rings (SSSR count). The minimum absolute atomic E-state index is 0.167. The largest absolute Gasteiger partial charge is 0.481 e. The zero-order valence-corrected chi connectivity index (χ0v) is 9.61. The number of carboxylic acids is 1. The lowest BCUT2D eigenvalue weighted by Crippen LogP contribution is -2.45. The van der Waals surface area contributed by atoms with Gasteiger partial charge in [-0.2, -0.15) is 0 Å². The van der Waals surface area contributed by atoms with Crippen LogP contribution in [-0.2, 0) is 9.53 Å². The van der Waals surface area contributed by atoms with E-state index in [1.54, 1.807) is 7.11 Å². The molecule has 4 nitrogen and oxygen atoms in total. The molecule has 0 radical (unpaired) electrons. The molecule has 0 aromatic heterocycles. The van der Waals surface area contributed by atoms with Crippen LogP contribution in [0.3, 0.4) is 0 Å². The fourth-order valence-corrected chi connectivity index (χ4v) is 2.22. The van der Waals surface area contributed by atoms with Gasteiger partial charge in [0.2, 0.25) is 0 Å². The van der Waals surface area contributed by atoms with E-state index in [0.717, 1.165) is 32.4 Å². The number of carboxylic acid groups (broad SMARTS) is 1. The summed E-state index contributed by atoms with van der Waals surface area (Å²) in [5.41, 5.74) is 0. The van der Waals surface area contributed by atoms with Crippen LogP contribution in [0.1, 0.15) is 32.6 Å². The molecule has 1 fully saturated rings. The van der Waals surface area contributed by atoms with Crippen molar-refractivity contribution in [3.8, 4) is 0 Å². The molecule has 0 aromatic carbocycles. The molecule has 0 bridgehead atoms. The van der Waals surface area contributed by atoms with Gasteiger partial charge >= 0.3 is 5.97 Å². The summed E-state index contributed by atoms with van der Waals surface area (Å²) in [6.07, 6.45) is 3.61. The van der Waals surface area contributed by atoms with Gasteiger partial charge in [-0.3, -0.25) is 9.69 Å². The molecule has 0 aliphatic carbocycles. The molecule has 1 aliphatic heterocycles. The van der Waals surface area contributed by atoms with Gasteiger partial charge in [0, 0.05) is 19.7 Å². The van der Waals surface area contributed by atoms with Crippen molar-refractivity contribution in [2.75, 3.05) is 20.2 Å². The van der Waals surface area contributed by atoms with Crippen LogP contribution in [0, 0.1) is 0 Å². The monoisotopic (exact) mass is 215 g/mol. The van der Waals surface area contributed by atoms with Gasteiger partial charge < -0.3 is 9.84 Å². The minimum atomic E-state index is -0.707. The molecule has 0 aromatic rings. The number of likely N-dealkylation sites (tertiary alicyclic amines) is 1. The Hall–Kier alpha value is -0.610. The number of ether oxygens (including phenoxy) is 1. The lowest BCUT2D eigenvalue weighted by atomic mass is 10.0. The summed E-state index contributed by atoms with van der Waals surface area (Å²) in [7, 11) is 1.73. The van der Waals surface area contributed by atoms with Crippen molar-refractivity contribution in [2.24, 2.45) is 0 Å². The second kappa shape index (κ2) is 6.08. The zero-order chi connectivity index (χ0) is 11.3. The highest BCUT2D eigenvalue weighted by molar-refractivity contribution is 5.67. The first kappa shape index (κ1) is 12.5. The third-order valence-electron chi connectivity index (χ3n) is 3.14. The van der Waals surface area contributed by atoms with Crippen molar-refractivity contribution in [3.05, 3.63) is 0 Å². The highest BCUT2D eigenvalue weighted by Gasteiger charge is 2.25. The third-order valence-corrected chi connectivity index (χ3v) is 3.14. The van der Waals surface area contributed by atoms with E-state index in [2.05, 4.69) is 4.90 Å². The van der Waals surface area contributed by atoms with E-state index >= 15 is 0 Å². The molecule has 88 valence electrons. The van der Waals surface area contributed by atoms with Crippen LogP contribution in [0.15, 0.2) is 0 Å².